The average molecular weight is 429 g/mol. The number of H-pyrrole nitrogens is 1. The van der Waals surface area contributed by atoms with E-state index in [2.05, 4.69) is 31.0 Å². The Morgan fingerprint density at radius 3 is 2.68 bits per heavy atom. The monoisotopic (exact) mass is 427 g/mol. The molecule has 1 saturated heterocycles. The van der Waals surface area contributed by atoms with Crippen molar-refractivity contribution in [3.8, 4) is 0 Å². The number of halogens is 2. The maximum Gasteiger partial charge on any atom is 0.357 e. The number of rotatable bonds is 4. The summed E-state index contributed by atoms with van der Waals surface area (Å²) in [6.07, 6.45) is 0. The molecule has 10 heteroatoms. The number of aromatic nitrogens is 2. The maximum absolute atomic E-state index is 12.5. The fourth-order valence-corrected chi connectivity index (χ4v) is 3.44. The fraction of sp³-hybridized carbons (Fsp3) is 0.333. The van der Waals surface area contributed by atoms with Crippen molar-refractivity contribution in [2.45, 2.75) is 6.54 Å². The standard InChI is InChI=1S/C15H15BrClN5O3/c16-12-13(18-19-14(12)22(24)25)15(23)21-6-4-20(5-7-21)9-10-2-1-3-11(17)8-10/h1-3,8H,4-7,9H2,(H,18,19). The van der Waals surface area contributed by atoms with Gasteiger partial charge in [0.05, 0.1) is 0 Å². The Balaban J connectivity index is 1.60. The quantitative estimate of drug-likeness (QED) is 0.597. The summed E-state index contributed by atoms with van der Waals surface area (Å²) < 4.78 is 0.0869. The summed E-state index contributed by atoms with van der Waals surface area (Å²) in [4.78, 5) is 26.6. The highest BCUT2D eigenvalue weighted by Crippen LogP contribution is 2.26. The van der Waals surface area contributed by atoms with Crippen LogP contribution in [0.1, 0.15) is 16.1 Å². The number of benzene rings is 1. The minimum Gasteiger partial charge on any atom is -0.358 e. The molecular formula is C15H15BrClN5O3. The van der Waals surface area contributed by atoms with E-state index >= 15 is 0 Å². The molecule has 1 aliphatic heterocycles. The third-order valence-electron chi connectivity index (χ3n) is 4.03. The van der Waals surface area contributed by atoms with Crippen molar-refractivity contribution in [3.63, 3.8) is 0 Å². The second-order valence-electron chi connectivity index (χ2n) is 5.69. The molecule has 0 aliphatic carbocycles. The largest absolute Gasteiger partial charge is 0.358 e. The Morgan fingerprint density at radius 1 is 1.36 bits per heavy atom. The van der Waals surface area contributed by atoms with E-state index in [1.807, 2.05) is 24.3 Å². The molecule has 0 spiro atoms. The van der Waals surface area contributed by atoms with Gasteiger partial charge in [-0.25, -0.2) is 0 Å². The molecule has 0 unspecified atom stereocenters. The molecule has 0 atom stereocenters. The van der Waals surface area contributed by atoms with E-state index in [-0.39, 0.29) is 21.9 Å². The first kappa shape index (κ1) is 17.8. The van der Waals surface area contributed by atoms with Gasteiger partial charge in [-0.05, 0) is 38.5 Å². The van der Waals surface area contributed by atoms with Crippen LogP contribution in [-0.2, 0) is 6.54 Å². The topological polar surface area (TPSA) is 95.4 Å². The first-order valence-corrected chi connectivity index (χ1v) is 8.77. The molecule has 2 heterocycles. The van der Waals surface area contributed by atoms with Crippen LogP contribution in [0.25, 0.3) is 0 Å². The third kappa shape index (κ3) is 4.00. The SMILES string of the molecule is O=C(c1n[nH]c([N+](=O)[O-])c1Br)N1CCN(Cc2cccc(Cl)c2)CC1. The number of nitrogens with zero attached hydrogens (tertiary/aromatic N) is 4. The molecule has 0 saturated carbocycles. The third-order valence-corrected chi connectivity index (χ3v) is 5.02. The second-order valence-corrected chi connectivity index (χ2v) is 6.92. The van der Waals surface area contributed by atoms with Crippen LogP contribution in [-0.4, -0.2) is 57.0 Å². The summed E-state index contributed by atoms with van der Waals surface area (Å²) in [5.41, 5.74) is 1.16. The number of aromatic amines is 1. The number of hydrogen-bond donors (Lipinski definition) is 1. The number of carbonyl (C=O) groups is 1. The van der Waals surface area contributed by atoms with Gasteiger partial charge in [0.15, 0.2) is 5.69 Å². The van der Waals surface area contributed by atoms with Crippen molar-refractivity contribution >= 4 is 39.3 Å². The molecular weight excluding hydrogens is 414 g/mol. The molecule has 132 valence electrons. The van der Waals surface area contributed by atoms with Gasteiger partial charge in [-0.3, -0.25) is 9.69 Å². The predicted octanol–water partition coefficient (Wildman–Crippen LogP) is 2.69. The average Bonchev–Trinajstić information content (AvgIpc) is 2.97. The van der Waals surface area contributed by atoms with Crippen LogP contribution in [0.15, 0.2) is 28.7 Å². The van der Waals surface area contributed by atoms with Crippen molar-refractivity contribution in [3.05, 3.63) is 55.1 Å². The highest BCUT2D eigenvalue weighted by Gasteiger charge is 2.30. The van der Waals surface area contributed by atoms with Gasteiger partial charge < -0.3 is 15.0 Å². The van der Waals surface area contributed by atoms with Crippen LogP contribution >= 0.6 is 27.5 Å². The molecule has 0 bridgehead atoms. The van der Waals surface area contributed by atoms with Gasteiger partial charge in [-0.1, -0.05) is 28.8 Å². The molecule has 0 radical (unpaired) electrons. The van der Waals surface area contributed by atoms with E-state index < -0.39 is 4.92 Å². The molecule has 1 fully saturated rings. The van der Waals surface area contributed by atoms with Crippen molar-refractivity contribution in [1.82, 2.24) is 20.0 Å². The van der Waals surface area contributed by atoms with E-state index in [0.29, 0.717) is 31.2 Å². The van der Waals surface area contributed by atoms with Crippen LogP contribution in [0.2, 0.25) is 5.02 Å². The maximum atomic E-state index is 12.5. The molecule has 1 N–H and O–H groups in total. The van der Waals surface area contributed by atoms with Gasteiger partial charge in [-0.15, -0.1) is 5.10 Å². The number of hydrogen-bond acceptors (Lipinski definition) is 5. The second kappa shape index (κ2) is 7.51. The van der Waals surface area contributed by atoms with Crippen molar-refractivity contribution in [2.24, 2.45) is 0 Å². The molecule has 8 nitrogen and oxygen atoms in total. The number of piperazine rings is 1. The molecule has 1 aromatic heterocycles. The minimum absolute atomic E-state index is 0.0370. The zero-order valence-corrected chi connectivity index (χ0v) is 15.5. The van der Waals surface area contributed by atoms with Crippen LogP contribution in [0.5, 0.6) is 0 Å². The molecule has 1 amide bonds. The smallest absolute Gasteiger partial charge is 0.357 e. The molecule has 25 heavy (non-hydrogen) atoms. The van der Waals surface area contributed by atoms with Gasteiger partial charge >= 0.3 is 5.82 Å². The number of carbonyl (C=O) groups excluding carboxylic acids is 1. The first-order valence-electron chi connectivity index (χ1n) is 7.60. The van der Waals surface area contributed by atoms with E-state index in [0.717, 1.165) is 12.1 Å². The van der Waals surface area contributed by atoms with Crippen LogP contribution in [0.3, 0.4) is 0 Å². The van der Waals surface area contributed by atoms with Crippen LogP contribution in [0.4, 0.5) is 5.82 Å². The number of amides is 1. The highest BCUT2D eigenvalue weighted by molar-refractivity contribution is 9.10. The van der Waals surface area contributed by atoms with Gasteiger partial charge in [0.25, 0.3) is 5.91 Å². The predicted molar refractivity (Wildman–Crippen MR) is 95.6 cm³/mol. The Bertz CT molecular complexity index is 804. The zero-order valence-electron chi connectivity index (χ0n) is 13.1. The Kier molecular flexibility index (Phi) is 5.36. The summed E-state index contributed by atoms with van der Waals surface area (Å²) in [6.45, 7) is 3.25. The summed E-state index contributed by atoms with van der Waals surface area (Å²) in [5, 5.41) is 17.6. The first-order chi connectivity index (χ1) is 12.0. The van der Waals surface area contributed by atoms with E-state index in [1.165, 1.54) is 0 Å². The normalized spacial score (nSPS) is 15.4. The van der Waals surface area contributed by atoms with Gasteiger partial charge in [-0.2, -0.15) is 0 Å². The van der Waals surface area contributed by atoms with Crippen LogP contribution < -0.4 is 0 Å². The lowest BCUT2D eigenvalue weighted by Crippen LogP contribution is -2.48. The van der Waals surface area contributed by atoms with Crippen LogP contribution in [0, 0.1) is 10.1 Å². The molecule has 1 aliphatic rings. The van der Waals surface area contributed by atoms with Gasteiger partial charge in [0.2, 0.25) is 0 Å². The van der Waals surface area contributed by atoms with Crippen molar-refractivity contribution in [1.29, 1.82) is 0 Å². The van der Waals surface area contributed by atoms with E-state index in [1.54, 1.807) is 4.90 Å². The van der Waals surface area contributed by atoms with E-state index in [9.17, 15) is 14.9 Å². The zero-order chi connectivity index (χ0) is 18.0. The molecule has 3 rings (SSSR count). The molecule has 1 aromatic carbocycles. The summed E-state index contributed by atoms with van der Waals surface area (Å²) in [5.74, 6) is -0.637. The number of nitrogens with one attached hydrogen (secondary N) is 1. The lowest BCUT2D eigenvalue weighted by molar-refractivity contribution is -0.390. The Morgan fingerprint density at radius 2 is 2.08 bits per heavy atom. The minimum atomic E-state index is -0.614. The lowest BCUT2D eigenvalue weighted by Gasteiger charge is -2.34. The highest BCUT2D eigenvalue weighted by atomic mass is 79.9. The van der Waals surface area contributed by atoms with Crippen molar-refractivity contribution < 1.29 is 9.72 Å². The number of nitro groups is 1. The lowest BCUT2D eigenvalue weighted by atomic mass is 10.2. The van der Waals surface area contributed by atoms with Crippen molar-refractivity contribution in [2.75, 3.05) is 26.2 Å². The summed E-state index contributed by atoms with van der Waals surface area (Å²) >= 11 is 9.08. The Labute approximate surface area is 157 Å². The van der Waals surface area contributed by atoms with Gasteiger partial charge in [0, 0.05) is 37.7 Å². The fourth-order valence-electron chi connectivity index (χ4n) is 2.73. The summed E-state index contributed by atoms with van der Waals surface area (Å²) in [7, 11) is 0. The summed E-state index contributed by atoms with van der Waals surface area (Å²) in [6, 6.07) is 7.70. The van der Waals surface area contributed by atoms with Gasteiger partial charge in [0.1, 0.15) is 4.47 Å². The molecule has 2 aromatic rings. The van der Waals surface area contributed by atoms with E-state index in [4.69, 9.17) is 11.6 Å². The Hall–Kier alpha value is -1.97.